The Morgan fingerprint density at radius 3 is 2.47 bits per heavy atom. The molecule has 1 aromatic rings. The molecule has 2 atom stereocenters. The molecule has 2 unspecified atom stereocenters. The van der Waals surface area contributed by atoms with Crippen LogP contribution in [0.1, 0.15) is 6.42 Å². The number of nitrogens with zero attached hydrogens (tertiary/aromatic N) is 1. The minimum absolute atomic E-state index is 0.753. The highest BCUT2D eigenvalue weighted by molar-refractivity contribution is 5.62. The molecule has 3 rings (SSSR count). The number of benzene rings is 1. The molecule has 2 heterocycles. The van der Waals surface area contributed by atoms with E-state index >= 15 is 0 Å². The van der Waals surface area contributed by atoms with Crippen LogP contribution in [0.4, 0.5) is 5.69 Å². The highest BCUT2D eigenvalue weighted by Gasteiger charge is 2.31. The number of rotatable bonds is 3. The van der Waals surface area contributed by atoms with Crippen molar-refractivity contribution in [3.63, 3.8) is 0 Å². The van der Waals surface area contributed by atoms with Gasteiger partial charge in [0.25, 0.3) is 0 Å². The molecule has 0 saturated carbocycles. The molecule has 4 heteroatoms. The number of anilines is 1. The first-order valence-electron chi connectivity index (χ1n) is 6.98. The second kappa shape index (κ2) is 5.29. The number of hydrogen-bond donors (Lipinski definition) is 1. The Morgan fingerprint density at radius 1 is 1.11 bits per heavy atom. The first-order chi connectivity index (χ1) is 9.30. The molecule has 0 spiro atoms. The summed E-state index contributed by atoms with van der Waals surface area (Å²) < 4.78 is 10.9. The molecule has 1 aromatic carbocycles. The van der Waals surface area contributed by atoms with Gasteiger partial charge in [0, 0.05) is 19.2 Å². The zero-order valence-electron chi connectivity index (χ0n) is 11.7. The summed E-state index contributed by atoms with van der Waals surface area (Å²) in [4.78, 5) is 2.46. The minimum atomic E-state index is 0.753. The predicted molar refractivity (Wildman–Crippen MR) is 76.2 cm³/mol. The topological polar surface area (TPSA) is 33.7 Å². The van der Waals surface area contributed by atoms with E-state index < -0.39 is 0 Å². The molecule has 19 heavy (non-hydrogen) atoms. The average molecular weight is 262 g/mol. The maximum absolute atomic E-state index is 5.51. The molecule has 0 aliphatic carbocycles. The monoisotopic (exact) mass is 262 g/mol. The van der Waals surface area contributed by atoms with Gasteiger partial charge in [-0.05, 0) is 43.5 Å². The van der Waals surface area contributed by atoms with Crippen molar-refractivity contribution in [1.29, 1.82) is 0 Å². The first-order valence-corrected chi connectivity index (χ1v) is 6.98. The SMILES string of the molecule is COc1ccc(OC)c(N2CC3CNCC(C3)C2)c1. The predicted octanol–water partition coefficient (Wildman–Crippen LogP) is 1.75. The van der Waals surface area contributed by atoms with Crippen molar-refractivity contribution in [2.45, 2.75) is 6.42 Å². The largest absolute Gasteiger partial charge is 0.497 e. The van der Waals surface area contributed by atoms with Gasteiger partial charge in [-0.2, -0.15) is 0 Å². The van der Waals surface area contributed by atoms with E-state index in [0.717, 1.165) is 49.5 Å². The lowest BCUT2D eigenvalue weighted by molar-refractivity contribution is 0.248. The highest BCUT2D eigenvalue weighted by atomic mass is 16.5. The Hall–Kier alpha value is -1.42. The Kier molecular flexibility index (Phi) is 3.51. The van der Waals surface area contributed by atoms with Gasteiger partial charge in [-0.3, -0.25) is 0 Å². The fourth-order valence-electron chi connectivity index (χ4n) is 3.35. The van der Waals surface area contributed by atoms with Crippen LogP contribution in [0.3, 0.4) is 0 Å². The molecule has 0 amide bonds. The lowest BCUT2D eigenvalue weighted by Gasteiger charge is -2.43. The molecule has 0 radical (unpaired) electrons. The zero-order chi connectivity index (χ0) is 13.2. The van der Waals surface area contributed by atoms with Crippen LogP contribution < -0.4 is 19.7 Å². The quantitative estimate of drug-likeness (QED) is 0.900. The molecule has 0 aromatic heterocycles. The van der Waals surface area contributed by atoms with E-state index in [0.29, 0.717) is 0 Å². The Labute approximate surface area is 114 Å². The van der Waals surface area contributed by atoms with Crippen molar-refractivity contribution in [2.75, 3.05) is 45.3 Å². The van der Waals surface area contributed by atoms with E-state index in [1.807, 2.05) is 12.1 Å². The summed E-state index contributed by atoms with van der Waals surface area (Å²) in [7, 11) is 3.44. The van der Waals surface area contributed by atoms with Crippen molar-refractivity contribution in [3.8, 4) is 11.5 Å². The fraction of sp³-hybridized carbons (Fsp3) is 0.600. The smallest absolute Gasteiger partial charge is 0.142 e. The number of ether oxygens (including phenoxy) is 2. The number of nitrogens with one attached hydrogen (secondary N) is 1. The van der Waals surface area contributed by atoms with E-state index in [1.165, 1.54) is 12.1 Å². The average Bonchev–Trinajstić information content (AvgIpc) is 2.46. The van der Waals surface area contributed by atoms with E-state index in [1.54, 1.807) is 14.2 Å². The molecule has 2 saturated heterocycles. The molecular formula is C15H22N2O2. The van der Waals surface area contributed by atoms with Gasteiger partial charge in [-0.25, -0.2) is 0 Å². The summed E-state index contributed by atoms with van der Waals surface area (Å²) in [6.45, 7) is 4.48. The van der Waals surface area contributed by atoms with Crippen molar-refractivity contribution in [3.05, 3.63) is 18.2 Å². The molecule has 2 aliphatic rings. The van der Waals surface area contributed by atoms with Gasteiger partial charge in [0.05, 0.1) is 19.9 Å². The number of methoxy groups -OCH3 is 2. The highest BCUT2D eigenvalue weighted by Crippen LogP contribution is 2.36. The van der Waals surface area contributed by atoms with Crippen LogP contribution in [0.5, 0.6) is 11.5 Å². The van der Waals surface area contributed by atoms with Crippen molar-refractivity contribution >= 4 is 5.69 Å². The van der Waals surface area contributed by atoms with Gasteiger partial charge in [0.2, 0.25) is 0 Å². The Bertz CT molecular complexity index is 438. The van der Waals surface area contributed by atoms with Crippen LogP contribution in [0.25, 0.3) is 0 Å². The van der Waals surface area contributed by atoms with Gasteiger partial charge in [-0.1, -0.05) is 0 Å². The van der Waals surface area contributed by atoms with Crippen LogP contribution in [0.2, 0.25) is 0 Å². The third-order valence-electron chi connectivity index (χ3n) is 4.22. The summed E-state index contributed by atoms with van der Waals surface area (Å²) in [5.41, 5.74) is 1.17. The number of piperidine rings is 2. The number of hydrogen-bond acceptors (Lipinski definition) is 4. The molecular weight excluding hydrogens is 240 g/mol. The molecule has 1 N–H and O–H groups in total. The summed E-state index contributed by atoms with van der Waals surface area (Å²) in [6.07, 6.45) is 1.36. The van der Waals surface area contributed by atoms with Crippen LogP contribution in [0, 0.1) is 11.8 Å². The maximum atomic E-state index is 5.51. The summed E-state index contributed by atoms with van der Waals surface area (Å²) in [5, 5.41) is 3.53. The number of fused-ring (bicyclic) bond motifs is 2. The van der Waals surface area contributed by atoms with Gasteiger partial charge in [0.15, 0.2) is 0 Å². The summed E-state index contributed by atoms with van der Waals surface area (Å²) in [6, 6.07) is 6.04. The molecule has 2 bridgehead atoms. The van der Waals surface area contributed by atoms with Crippen LogP contribution >= 0.6 is 0 Å². The lowest BCUT2D eigenvalue weighted by Crippen LogP contribution is -2.51. The van der Waals surface area contributed by atoms with Crippen LogP contribution in [-0.4, -0.2) is 40.4 Å². The zero-order valence-corrected chi connectivity index (χ0v) is 11.7. The van der Waals surface area contributed by atoms with E-state index in [4.69, 9.17) is 9.47 Å². The van der Waals surface area contributed by atoms with E-state index in [-0.39, 0.29) is 0 Å². The minimum Gasteiger partial charge on any atom is -0.497 e. The Balaban J connectivity index is 1.88. The second-order valence-electron chi connectivity index (χ2n) is 5.57. The van der Waals surface area contributed by atoms with Gasteiger partial charge in [-0.15, -0.1) is 0 Å². The standard InChI is InChI=1S/C15H22N2O2/c1-18-13-3-4-15(19-2)14(6-13)17-9-11-5-12(10-17)8-16-7-11/h3-4,6,11-12,16H,5,7-10H2,1-2H3. The normalized spacial score (nSPS) is 26.1. The van der Waals surface area contributed by atoms with Crippen LogP contribution in [0.15, 0.2) is 18.2 Å². The van der Waals surface area contributed by atoms with Gasteiger partial charge in [0.1, 0.15) is 11.5 Å². The summed E-state index contributed by atoms with van der Waals surface area (Å²) >= 11 is 0. The van der Waals surface area contributed by atoms with Crippen molar-refractivity contribution < 1.29 is 9.47 Å². The lowest BCUT2D eigenvalue weighted by atomic mass is 9.85. The summed E-state index contributed by atoms with van der Waals surface area (Å²) in [5.74, 6) is 3.34. The first kappa shape index (κ1) is 12.6. The second-order valence-corrected chi connectivity index (χ2v) is 5.57. The molecule has 2 fully saturated rings. The molecule has 2 aliphatic heterocycles. The maximum Gasteiger partial charge on any atom is 0.142 e. The Morgan fingerprint density at radius 2 is 1.84 bits per heavy atom. The third-order valence-corrected chi connectivity index (χ3v) is 4.22. The molecule has 104 valence electrons. The van der Waals surface area contributed by atoms with Gasteiger partial charge >= 0.3 is 0 Å². The van der Waals surface area contributed by atoms with Crippen molar-refractivity contribution in [1.82, 2.24) is 5.32 Å². The van der Waals surface area contributed by atoms with E-state index in [2.05, 4.69) is 16.3 Å². The molecule has 4 nitrogen and oxygen atoms in total. The fourth-order valence-corrected chi connectivity index (χ4v) is 3.35. The third kappa shape index (κ3) is 2.50. The van der Waals surface area contributed by atoms with E-state index in [9.17, 15) is 0 Å². The van der Waals surface area contributed by atoms with Crippen molar-refractivity contribution in [2.24, 2.45) is 11.8 Å². The van der Waals surface area contributed by atoms with Crippen LogP contribution in [-0.2, 0) is 0 Å². The van der Waals surface area contributed by atoms with Gasteiger partial charge < -0.3 is 19.7 Å².